The van der Waals surface area contributed by atoms with Crippen LogP contribution in [0.3, 0.4) is 0 Å². The van der Waals surface area contributed by atoms with Crippen molar-refractivity contribution in [3.8, 4) is 17.6 Å². The Morgan fingerprint density at radius 2 is 2.14 bits per heavy atom. The maximum atomic E-state index is 8.78. The fourth-order valence-electron chi connectivity index (χ4n) is 2.11. The summed E-state index contributed by atoms with van der Waals surface area (Å²) in [6.07, 6.45) is 0. The van der Waals surface area contributed by atoms with Gasteiger partial charge in [-0.2, -0.15) is 5.10 Å². The third-order valence-electron chi connectivity index (χ3n) is 3.21. The van der Waals surface area contributed by atoms with Gasteiger partial charge in [-0.3, -0.25) is 4.68 Å². The molecular formula is C16H17ClN2O2. The van der Waals surface area contributed by atoms with Crippen molar-refractivity contribution in [3.05, 3.63) is 45.7 Å². The number of aromatic nitrogens is 2. The number of ether oxygens (including phenoxy) is 1. The van der Waals surface area contributed by atoms with E-state index >= 15 is 0 Å². The molecule has 2 rings (SSSR count). The van der Waals surface area contributed by atoms with Crippen molar-refractivity contribution in [1.29, 1.82) is 0 Å². The lowest BCUT2D eigenvalue weighted by molar-refractivity contribution is 0.350. The molecule has 2 aromatic rings. The smallest absolute Gasteiger partial charge is 0.124 e. The van der Waals surface area contributed by atoms with Crippen LogP contribution in [0.15, 0.2) is 18.2 Å². The molecule has 0 aliphatic rings. The number of methoxy groups -OCH3 is 1. The van der Waals surface area contributed by atoms with Gasteiger partial charge in [-0.15, -0.1) is 0 Å². The molecule has 5 heteroatoms. The zero-order chi connectivity index (χ0) is 15.4. The quantitative estimate of drug-likeness (QED) is 0.887. The van der Waals surface area contributed by atoms with Crippen molar-refractivity contribution in [2.75, 3.05) is 13.7 Å². The molecule has 4 nitrogen and oxygen atoms in total. The third-order valence-corrected chi connectivity index (χ3v) is 3.75. The summed E-state index contributed by atoms with van der Waals surface area (Å²) in [6, 6.07) is 5.66. The van der Waals surface area contributed by atoms with Crippen LogP contribution in [-0.2, 0) is 6.54 Å². The van der Waals surface area contributed by atoms with E-state index in [2.05, 4.69) is 16.9 Å². The topological polar surface area (TPSA) is 47.3 Å². The van der Waals surface area contributed by atoms with Crippen LogP contribution in [0.5, 0.6) is 5.75 Å². The maximum Gasteiger partial charge on any atom is 0.124 e. The molecule has 0 radical (unpaired) electrons. The van der Waals surface area contributed by atoms with Crippen molar-refractivity contribution in [1.82, 2.24) is 9.78 Å². The summed E-state index contributed by atoms with van der Waals surface area (Å²) < 4.78 is 7.23. The summed E-state index contributed by atoms with van der Waals surface area (Å²) >= 11 is 6.17. The number of aliphatic hydroxyl groups is 1. The number of hydrogen-bond donors (Lipinski definition) is 1. The molecule has 0 fully saturated rings. The van der Waals surface area contributed by atoms with E-state index in [1.54, 1.807) is 7.11 Å². The maximum absolute atomic E-state index is 8.78. The highest BCUT2D eigenvalue weighted by Gasteiger charge is 2.12. The van der Waals surface area contributed by atoms with E-state index in [0.29, 0.717) is 11.6 Å². The van der Waals surface area contributed by atoms with Crippen LogP contribution in [0.25, 0.3) is 0 Å². The van der Waals surface area contributed by atoms with Crippen LogP contribution < -0.4 is 4.74 Å². The predicted molar refractivity (Wildman–Crippen MR) is 82.8 cm³/mol. The first-order chi connectivity index (χ1) is 10.1. The van der Waals surface area contributed by atoms with Gasteiger partial charge in [0.2, 0.25) is 0 Å². The van der Waals surface area contributed by atoms with Crippen LogP contribution in [0, 0.1) is 25.7 Å². The first kappa shape index (κ1) is 15.4. The van der Waals surface area contributed by atoms with E-state index in [1.807, 2.05) is 36.7 Å². The van der Waals surface area contributed by atoms with Gasteiger partial charge in [0.05, 0.1) is 30.1 Å². The first-order valence-electron chi connectivity index (χ1n) is 6.53. The van der Waals surface area contributed by atoms with Gasteiger partial charge >= 0.3 is 0 Å². The van der Waals surface area contributed by atoms with Crippen molar-refractivity contribution in [2.45, 2.75) is 20.4 Å². The van der Waals surface area contributed by atoms with E-state index in [0.717, 1.165) is 28.3 Å². The molecule has 0 bridgehead atoms. The second-order valence-electron chi connectivity index (χ2n) is 4.63. The normalized spacial score (nSPS) is 10.1. The average molecular weight is 305 g/mol. The second-order valence-corrected chi connectivity index (χ2v) is 5.01. The SMILES string of the molecule is COc1ccc(C#CCO)cc1Cn1nc(C)c(Cl)c1C. The van der Waals surface area contributed by atoms with Gasteiger partial charge in [-0.05, 0) is 32.0 Å². The van der Waals surface area contributed by atoms with Crippen molar-refractivity contribution in [3.63, 3.8) is 0 Å². The molecular weight excluding hydrogens is 288 g/mol. The summed E-state index contributed by atoms with van der Waals surface area (Å²) in [5.74, 6) is 6.30. The lowest BCUT2D eigenvalue weighted by atomic mass is 10.1. The summed E-state index contributed by atoms with van der Waals surface area (Å²) in [4.78, 5) is 0. The van der Waals surface area contributed by atoms with Crippen molar-refractivity contribution in [2.24, 2.45) is 0 Å². The Bertz CT molecular complexity index is 711. The van der Waals surface area contributed by atoms with Crippen LogP contribution in [0.1, 0.15) is 22.5 Å². The minimum Gasteiger partial charge on any atom is -0.496 e. The van der Waals surface area contributed by atoms with Crippen LogP contribution in [0.4, 0.5) is 0 Å². The summed E-state index contributed by atoms with van der Waals surface area (Å²) in [6.45, 7) is 4.21. The summed E-state index contributed by atoms with van der Waals surface area (Å²) in [7, 11) is 1.63. The highest BCUT2D eigenvalue weighted by Crippen LogP contribution is 2.24. The fourth-order valence-corrected chi connectivity index (χ4v) is 2.25. The Labute approximate surface area is 129 Å². The minimum atomic E-state index is -0.158. The molecule has 0 amide bonds. The van der Waals surface area contributed by atoms with Gasteiger partial charge in [-0.1, -0.05) is 23.4 Å². The molecule has 0 aliphatic carbocycles. The lowest BCUT2D eigenvalue weighted by Gasteiger charge is -2.10. The van der Waals surface area contributed by atoms with Crippen LogP contribution in [0.2, 0.25) is 5.02 Å². The first-order valence-corrected chi connectivity index (χ1v) is 6.90. The molecule has 1 aromatic carbocycles. The summed E-state index contributed by atoms with van der Waals surface area (Å²) in [5.41, 5.74) is 3.52. The van der Waals surface area contributed by atoms with Gasteiger partial charge in [0, 0.05) is 11.1 Å². The Morgan fingerprint density at radius 3 is 2.71 bits per heavy atom. The fraction of sp³-hybridized carbons (Fsp3) is 0.312. The minimum absolute atomic E-state index is 0.158. The molecule has 110 valence electrons. The van der Waals surface area contributed by atoms with Crippen LogP contribution >= 0.6 is 11.6 Å². The van der Waals surface area contributed by atoms with E-state index in [4.69, 9.17) is 21.4 Å². The molecule has 0 spiro atoms. The van der Waals surface area contributed by atoms with E-state index in [9.17, 15) is 0 Å². The van der Waals surface area contributed by atoms with Gasteiger partial charge in [0.15, 0.2) is 0 Å². The average Bonchev–Trinajstić information content (AvgIpc) is 2.72. The molecule has 0 saturated carbocycles. The zero-order valence-electron chi connectivity index (χ0n) is 12.3. The monoisotopic (exact) mass is 304 g/mol. The standard InChI is InChI=1S/C16H17ClN2O2/c1-11-16(17)12(2)19(18-11)10-14-9-13(5-4-8-20)6-7-15(14)21-3/h6-7,9,20H,8,10H2,1-3H3. The number of benzene rings is 1. The Kier molecular flexibility index (Phi) is 4.89. The van der Waals surface area contributed by atoms with E-state index in [1.165, 1.54) is 0 Å². The van der Waals surface area contributed by atoms with E-state index < -0.39 is 0 Å². The van der Waals surface area contributed by atoms with Gasteiger partial charge in [-0.25, -0.2) is 0 Å². The third kappa shape index (κ3) is 3.38. The van der Waals surface area contributed by atoms with Gasteiger partial charge in [0.25, 0.3) is 0 Å². The molecule has 1 aromatic heterocycles. The van der Waals surface area contributed by atoms with Gasteiger partial charge < -0.3 is 9.84 Å². The molecule has 0 unspecified atom stereocenters. The van der Waals surface area contributed by atoms with Crippen molar-refractivity contribution < 1.29 is 9.84 Å². The number of aryl methyl sites for hydroxylation is 1. The van der Waals surface area contributed by atoms with Gasteiger partial charge in [0.1, 0.15) is 12.4 Å². The van der Waals surface area contributed by atoms with Crippen LogP contribution in [-0.4, -0.2) is 28.6 Å². The number of nitrogens with zero attached hydrogens (tertiary/aromatic N) is 2. The van der Waals surface area contributed by atoms with E-state index in [-0.39, 0.29) is 6.61 Å². The number of halogens is 1. The molecule has 0 aliphatic heterocycles. The molecule has 1 heterocycles. The van der Waals surface area contributed by atoms with Crippen molar-refractivity contribution >= 4 is 11.6 Å². The Morgan fingerprint density at radius 1 is 1.38 bits per heavy atom. The Balaban J connectivity index is 2.39. The zero-order valence-corrected chi connectivity index (χ0v) is 13.0. The lowest BCUT2D eigenvalue weighted by Crippen LogP contribution is -2.06. The number of hydrogen-bond acceptors (Lipinski definition) is 3. The number of rotatable bonds is 3. The number of aliphatic hydroxyl groups excluding tert-OH is 1. The molecule has 1 N–H and O–H groups in total. The predicted octanol–water partition coefficient (Wildman–Crippen LogP) is 2.55. The largest absolute Gasteiger partial charge is 0.496 e. The Hall–Kier alpha value is -1.96. The molecule has 0 atom stereocenters. The molecule has 21 heavy (non-hydrogen) atoms. The second kappa shape index (κ2) is 6.66. The highest BCUT2D eigenvalue weighted by atomic mass is 35.5. The summed E-state index contributed by atoms with van der Waals surface area (Å²) in [5, 5.41) is 13.9. The highest BCUT2D eigenvalue weighted by molar-refractivity contribution is 6.31. The molecule has 0 saturated heterocycles.